The van der Waals surface area contributed by atoms with E-state index in [1.165, 1.54) is 23.0 Å². The molecule has 269 valence electrons. The SMILES string of the molecule is [2H]C([2H])([2H])c1c[c-]c(-c2ccc(C([2H])([2H])C(C)(C)C)cn2)cc1.[2H]C([2H])(c1ccc(-c2ccnc(-c3[c-]ccc4c3oc3ccc5ccccc5c34)c2)cc1)C(C)(C)C.[Ir]. The monoisotopic (exact) mass is 878 g/mol. The van der Waals surface area contributed by atoms with Gasteiger partial charge in [0.1, 0.15) is 5.58 Å². The molecule has 3 aromatic heterocycles. The minimum atomic E-state index is -2.14. The first kappa shape index (κ1) is 29.6. The van der Waals surface area contributed by atoms with Crippen molar-refractivity contribution >= 4 is 32.7 Å². The van der Waals surface area contributed by atoms with E-state index < -0.39 is 30.4 Å². The number of fused-ring (bicyclic) bond motifs is 5. The summed E-state index contributed by atoms with van der Waals surface area (Å²) in [5.74, 6) is 0. The molecule has 0 saturated heterocycles. The molecule has 0 unspecified atom stereocenters. The van der Waals surface area contributed by atoms with E-state index in [1.54, 1.807) is 30.5 Å². The number of hydrogen-bond acceptors (Lipinski definition) is 3. The Labute approximate surface area is 337 Å². The normalized spacial score (nSPS) is 14.4. The predicted octanol–water partition coefficient (Wildman–Crippen LogP) is 13.3. The zero-order chi connectivity index (χ0) is 42.5. The molecule has 8 aromatic rings. The molecule has 3 heterocycles. The van der Waals surface area contributed by atoms with Crippen molar-refractivity contribution in [1.82, 2.24) is 9.97 Å². The van der Waals surface area contributed by atoms with Crippen LogP contribution >= 0.6 is 0 Å². The summed E-state index contributed by atoms with van der Waals surface area (Å²) in [7, 11) is 0. The maximum Gasteiger partial charge on any atom is 0.121 e. The van der Waals surface area contributed by atoms with E-state index in [0.29, 0.717) is 22.4 Å². The van der Waals surface area contributed by atoms with E-state index in [2.05, 4.69) is 58.5 Å². The molecule has 0 aliphatic carbocycles. The van der Waals surface area contributed by atoms with Crippen molar-refractivity contribution in [2.75, 3.05) is 0 Å². The molecule has 0 aliphatic rings. The fraction of sp³-hybridized carbons (Fsp3) is 0.224. The maximum atomic E-state index is 8.56. The summed E-state index contributed by atoms with van der Waals surface area (Å²) in [6.45, 7) is 9.18. The van der Waals surface area contributed by atoms with Crippen LogP contribution in [0.2, 0.25) is 0 Å². The van der Waals surface area contributed by atoms with Gasteiger partial charge in [-0.3, -0.25) is 0 Å². The van der Waals surface area contributed by atoms with E-state index in [1.807, 2.05) is 90.1 Å². The number of pyridine rings is 2. The molecule has 0 fully saturated rings. The van der Waals surface area contributed by atoms with Gasteiger partial charge in [0.15, 0.2) is 0 Å². The van der Waals surface area contributed by atoms with E-state index >= 15 is 0 Å². The summed E-state index contributed by atoms with van der Waals surface area (Å²) < 4.78 is 62.0. The Hall–Kier alpha value is -4.89. The molecular formula is C49H46IrN2O-2. The molecule has 8 rings (SSSR count). The van der Waals surface area contributed by atoms with Crippen molar-refractivity contribution in [3.8, 4) is 33.6 Å². The summed E-state index contributed by atoms with van der Waals surface area (Å²) in [5.41, 5.74) is 6.99. The van der Waals surface area contributed by atoms with Crippen LogP contribution in [0.5, 0.6) is 0 Å². The van der Waals surface area contributed by atoms with Crippen LogP contribution in [0.15, 0.2) is 132 Å². The van der Waals surface area contributed by atoms with Gasteiger partial charge >= 0.3 is 0 Å². The number of rotatable bonds is 5. The van der Waals surface area contributed by atoms with Crippen molar-refractivity contribution in [2.45, 2.75) is 61.1 Å². The summed E-state index contributed by atoms with van der Waals surface area (Å²) in [6, 6.07) is 42.6. The second-order valence-electron chi connectivity index (χ2n) is 15.0. The number of hydrogen-bond donors (Lipinski definition) is 0. The fourth-order valence-electron chi connectivity index (χ4n) is 6.27. The molecule has 0 atom stereocenters. The molecule has 1 radical (unpaired) electrons. The van der Waals surface area contributed by atoms with Gasteiger partial charge in [-0.05, 0) is 80.1 Å². The van der Waals surface area contributed by atoms with Crippen LogP contribution < -0.4 is 0 Å². The largest absolute Gasteiger partial charge is 0.501 e. The van der Waals surface area contributed by atoms with Crippen molar-refractivity contribution in [3.63, 3.8) is 0 Å². The third-order valence-electron chi connectivity index (χ3n) is 8.45. The number of nitrogens with zero attached hydrogens (tertiary/aromatic N) is 2. The Morgan fingerprint density at radius 3 is 2.15 bits per heavy atom. The first-order valence-corrected chi connectivity index (χ1v) is 17.5. The van der Waals surface area contributed by atoms with Crippen molar-refractivity contribution in [2.24, 2.45) is 10.8 Å². The standard InChI is InChI=1S/C32H26NO.C17H20N.Ir/c1-32(2,3)20-21-11-13-22(14-12-21)24-17-18-33-28(19-24)26-9-6-10-27-30-25-8-5-4-7-23(25)15-16-29(30)34-31(26)27;1-13-5-8-15(9-6-13)16-10-7-14(12-18-16)11-17(2,3)4;/h4-8,10-19H,20H2,1-3H3;5-8,10,12H,11H2,1-4H3;/q2*-1;/i20D2;1D3,11D2;. The van der Waals surface area contributed by atoms with E-state index in [-0.39, 0.29) is 25.7 Å². The molecule has 53 heavy (non-hydrogen) atoms. The van der Waals surface area contributed by atoms with Crippen LogP contribution in [-0.2, 0) is 32.9 Å². The molecule has 0 N–H and O–H groups in total. The maximum absolute atomic E-state index is 8.56. The topological polar surface area (TPSA) is 38.9 Å². The number of aromatic nitrogens is 2. The summed E-state index contributed by atoms with van der Waals surface area (Å²) in [5, 5.41) is 4.51. The van der Waals surface area contributed by atoms with Crippen molar-refractivity contribution < 1.29 is 34.1 Å². The molecule has 0 aliphatic heterocycles. The van der Waals surface area contributed by atoms with E-state index in [0.717, 1.165) is 44.3 Å². The average molecular weight is 878 g/mol. The summed E-state index contributed by atoms with van der Waals surface area (Å²) in [4.78, 5) is 8.96. The summed E-state index contributed by atoms with van der Waals surface area (Å²) in [6.07, 6.45) is 0.419. The smallest absolute Gasteiger partial charge is 0.121 e. The minimum absolute atomic E-state index is 0. The molecule has 5 aromatic carbocycles. The van der Waals surface area contributed by atoms with E-state index in [4.69, 9.17) is 14.0 Å². The number of benzene rings is 5. The molecule has 3 nitrogen and oxygen atoms in total. The number of aryl methyl sites for hydroxylation is 1. The Morgan fingerprint density at radius 2 is 1.45 bits per heavy atom. The molecule has 0 amide bonds. The van der Waals surface area contributed by atoms with Gasteiger partial charge in [-0.2, -0.15) is 0 Å². The Kier molecular flexibility index (Phi) is 8.70. The average Bonchev–Trinajstić information content (AvgIpc) is 3.60. The Morgan fingerprint density at radius 1 is 0.698 bits per heavy atom. The van der Waals surface area contributed by atoms with Crippen LogP contribution in [0.4, 0.5) is 0 Å². The fourth-order valence-corrected chi connectivity index (χ4v) is 6.27. The van der Waals surface area contributed by atoms with Crippen molar-refractivity contribution in [1.29, 1.82) is 0 Å². The van der Waals surface area contributed by atoms with Gasteiger partial charge in [0.25, 0.3) is 0 Å². The van der Waals surface area contributed by atoms with Crippen LogP contribution in [0, 0.1) is 29.8 Å². The van der Waals surface area contributed by atoms with Crippen LogP contribution in [0.25, 0.3) is 66.4 Å². The Balaban J connectivity index is 0.000000219. The van der Waals surface area contributed by atoms with Gasteiger partial charge in [-0.15, -0.1) is 53.6 Å². The second kappa shape index (κ2) is 15.6. The molecular weight excluding hydrogens is 825 g/mol. The van der Waals surface area contributed by atoms with Crippen LogP contribution in [-0.4, -0.2) is 9.97 Å². The zero-order valence-corrected chi connectivity index (χ0v) is 33.2. The third kappa shape index (κ3) is 9.02. The first-order chi connectivity index (χ1) is 27.7. The number of furan rings is 1. The van der Waals surface area contributed by atoms with E-state index in [9.17, 15) is 0 Å². The third-order valence-corrected chi connectivity index (χ3v) is 8.45. The van der Waals surface area contributed by atoms with Crippen LogP contribution in [0.3, 0.4) is 0 Å². The van der Waals surface area contributed by atoms with Crippen molar-refractivity contribution in [3.05, 3.63) is 156 Å². The predicted molar refractivity (Wildman–Crippen MR) is 218 cm³/mol. The van der Waals surface area contributed by atoms with Gasteiger partial charge in [0, 0.05) is 47.5 Å². The first-order valence-electron chi connectivity index (χ1n) is 21.0. The van der Waals surface area contributed by atoms with Gasteiger partial charge in [0.2, 0.25) is 0 Å². The molecule has 0 bridgehead atoms. The van der Waals surface area contributed by atoms with Gasteiger partial charge in [-0.1, -0.05) is 132 Å². The molecule has 0 saturated carbocycles. The zero-order valence-electron chi connectivity index (χ0n) is 37.8. The Bertz CT molecular complexity index is 2760. The van der Waals surface area contributed by atoms with Gasteiger partial charge < -0.3 is 14.4 Å². The minimum Gasteiger partial charge on any atom is -0.501 e. The quantitative estimate of drug-likeness (QED) is 0.162. The van der Waals surface area contributed by atoms with Gasteiger partial charge in [0.05, 0.1) is 5.58 Å². The van der Waals surface area contributed by atoms with Gasteiger partial charge in [-0.25, -0.2) is 0 Å². The second-order valence-corrected chi connectivity index (χ2v) is 15.0. The van der Waals surface area contributed by atoms with Crippen LogP contribution in [0.1, 0.15) is 67.8 Å². The molecule has 0 spiro atoms. The summed E-state index contributed by atoms with van der Waals surface area (Å²) >= 11 is 0. The molecule has 4 heteroatoms.